The fraction of sp³-hybridized carbons (Fsp3) is 0.176. The normalized spacial score (nSPS) is 10.0. The van der Waals surface area contributed by atoms with Crippen LogP contribution in [0.25, 0.3) is 0 Å². The van der Waals surface area contributed by atoms with Crippen molar-refractivity contribution in [1.29, 1.82) is 0 Å². The molecular weight excluding hydrogens is 252 g/mol. The molecule has 0 bridgehead atoms. The minimum absolute atomic E-state index is 0.256. The Morgan fingerprint density at radius 2 is 1.45 bits per heavy atom. The quantitative estimate of drug-likeness (QED) is 0.350. The molecule has 2 aromatic carbocycles. The zero-order chi connectivity index (χ0) is 14.2. The third-order valence-electron chi connectivity index (χ3n) is 2.91. The van der Waals surface area contributed by atoms with Crippen molar-refractivity contribution < 1.29 is 14.3 Å². The molecule has 0 amide bonds. The summed E-state index contributed by atoms with van der Waals surface area (Å²) in [4.78, 5) is 23.3. The Kier molecular flexibility index (Phi) is 5.07. The summed E-state index contributed by atoms with van der Waals surface area (Å²) in [6.07, 6.45) is 1.53. The molecule has 0 N–H and O–H groups in total. The van der Waals surface area contributed by atoms with Gasteiger partial charge in [-0.2, -0.15) is 0 Å². The maximum absolute atomic E-state index is 11.7. The predicted molar refractivity (Wildman–Crippen MR) is 76.5 cm³/mol. The molecule has 0 saturated carbocycles. The summed E-state index contributed by atoms with van der Waals surface area (Å²) in [6.45, 7) is 0.256. The average molecular weight is 268 g/mol. The van der Waals surface area contributed by atoms with Crippen LogP contribution in [0.15, 0.2) is 60.7 Å². The van der Waals surface area contributed by atoms with E-state index in [2.05, 4.69) is 0 Å². The lowest BCUT2D eigenvalue weighted by Gasteiger charge is -2.04. The highest BCUT2D eigenvalue weighted by Crippen LogP contribution is 2.04. The summed E-state index contributed by atoms with van der Waals surface area (Å²) >= 11 is 0. The van der Waals surface area contributed by atoms with E-state index in [0.29, 0.717) is 12.0 Å². The highest BCUT2D eigenvalue weighted by atomic mass is 16.5. The molecule has 0 aromatic heterocycles. The van der Waals surface area contributed by atoms with Gasteiger partial charge in [0, 0.05) is 5.56 Å². The van der Waals surface area contributed by atoms with Crippen molar-refractivity contribution in [2.24, 2.45) is 0 Å². The van der Waals surface area contributed by atoms with Crippen LogP contribution in [-0.4, -0.2) is 18.4 Å². The first kappa shape index (κ1) is 14.0. The predicted octanol–water partition coefficient (Wildman–Crippen LogP) is 3.05. The van der Waals surface area contributed by atoms with Crippen LogP contribution in [0.3, 0.4) is 0 Å². The Labute approximate surface area is 118 Å². The number of hydrogen-bond donors (Lipinski definition) is 0. The molecule has 102 valence electrons. The van der Waals surface area contributed by atoms with E-state index in [9.17, 15) is 9.59 Å². The van der Waals surface area contributed by atoms with Gasteiger partial charge in [0.15, 0.2) is 0 Å². The minimum atomic E-state index is -0.788. The number of carbonyl (C=O) groups is 2. The van der Waals surface area contributed by atoms with Crippen molar-refractivity contribution in [3.8, 4) is 0 Å². The van der Waals surface area contributed by atoms with Crippen molar-refractivity contribution in [2.45, 2.75) is 12.8 Å². The summed E-state index contributed by atoms with van der Waals surface area (Å²) in [5, 5.41) is 0. The molecule has 2 rings (SSSR count). The molecule has 0 aliphatic heterocycles. The van der Waals surface area contributed by atoms with Gasteiger partial charge in [0.05, 0.1) is 6.61 Å². The monoisotopic (exact) mass is 268 g/mol. The van der Waals surface area contributed by atoms with E-state index < -0.39 is 11.8 Å². The Bertz CT molecular complexity index is 561. The molecule has 20 heavy (non-hydrogen) atoms. The zero-order valence-electron chi connectivity index (χ0n) is 11.1. The van der Waals surface area contributed by atoms with Gasteiger partial charge in [-0.05, 0) is 18.4 Å². The van der Waals surface area contributed by atoms with Gasteiger partial charge in [-0.3, -0.25) is 4.79 Å². The van der Waals surface area contributed by atoms with Crippen LogP contribution in [0.2, 0.25) is 0 Å². The summed E-state index contributed by atoms with van der Waals surface area (Å²) < 4.78 is 4.99. The molecule has 0 aliphatic rings. The second-order valence-electron chi connectivity index (χ2n) is 4.42. The van der Waals surface area contributed by atoms with E-state index in [-0.39, 0.29) is 6.61 Å². The molecular formula is C17H16O3. The van der Waals surface area contributed by atoms with Gasteiger partial charge < -0.3 is 4.74 Å². The molecule has 3 heteroatoms. The number of aryl methyl sites for hydroxylation is 1. The maximum atomic E-state index is 11.7. The highest BCUT2D eigenvalue weighted by molar-refractivity contribution is 6.40. The number of carbonyl (C=O) groups excluding carboxylic acids is 2. The first-order valence-corrected chi connectivity index (χ1v) is 6.58. The maximum Gasteiger partial charge on any atom is 0.379 e. The van der Waals surface area contributed by atoms with Crippen molar-refractivity contribution in [3.63, 3.8) is 0 Å². The molecule has 3 nitrogen and oxygen atoms in total. The number of hydrogen-bond acceptors (Lipinski definition) is 3. The molecule has 0 heterocycles. The summed E-state index contributed by atoms with van der Waals surface area (Å²) in [5.41, 5.74) is 1.55. The number of benzene rings is 2. The summed E-state index contributed by atoms with van der Waals surface area (Å²) in [6, 6.07) is 18.4. The Morgan fingerprint density at radius 1 is 0.850 bits per heavy atom. The highest BCUT2D eigenvalue weighted by Gasteiger charge is 2.16. The lowest BCUT2D eigenvalue weighted by atomic mass is 10.1. The number of esters is 1. The Morgan fingerprint density at radius 3 is 2.10 bits per heavy atom. The summed E-state index contributed by atoms with van der Waals surface area (Å²) in [7, 11) is 0. The molecule has 0 saturated heterocycles. The van der Waals surface area contributed by atoms with Crippen LogP contribution < -0.4 is 0 Å². The van der Waals surface area contributed by atoms with Crippen molar-refractivity contribution in [2.75, 3.05) is 6.61 Å². The SMILES string of the molecule is O=C(OCCCc1ccccc1)C(=O)c1ccccc1. The second kappa shape index (κ2) is 7.24. The van der Waals surface area contributed by atoms with Gasteiger partial charge in [0.25, 0.3) is 5.78 Å². The third kappa shape index (κ3) is 4.05. The first-order valence-electron chi connectivity index (χ1n) is 6.58. The molecule has 0 unspecified atom stereocenters. The van der Waals surface area contributed by atoms with Gasteiger partial charge in [-0.25, -0.2) is 4.79 Å². The van der Waals surface area contributed by atoms with E-state index in [1.807, 2.05) is 30.3 Å². The smallest absolute Gasteiger partial charge is 0.379 e. The van der Waals surface area contributed by atoms with Gasteiger partial charge >= 0.3 is 5.97 Å². The zero-order valence-corrected chi connectivity index (χ0v) is 11.1. The van der Waals surface area contributed by atoms with Crippen LogP contribution >= 0.6 is 0 Å². The van der Waals surface area contributed by atoms with Crippen LogP contribution in [0, 0.1) is 0 Å². The van der Waals surface area contributed by atoms with Crippen LogP contribution in [0.5, 0.6) is 0 Å². The standard InChI is InChI=1S/C17H16O3/c18-16(15-11-5-2-6-12-15)17(19)20-13-7-10-14-8-3-1-4-9-14/h1-6,8-9,11-12H,7,10,13H2. The van der Waals surface area contributed by atoms with Crippen LogP contribution in [-0.2, 0) is 16.0 Å². The van der Waals surface area contributed by atoms with E-state index in [1.54, 1.807) is 30.3 Å². The number of Topliss-reactive ketones (excluding diaryl/α,β-unsaturated/α-hetero) is 1. The minimum Gasteiger partial charge on any atom is -0.460 e. The van der Waals surface area contributed by atoms with Crippen molar-refractivity contribution in [3.05, 3.63) is 71.8 Å². The van der Waals surface area contributed by atoms with E-state index in [4.69, 9.17) is 4.74 Å². The van der Waals surface area contributed by atoms with Crippen molar-refractivity contribution >= 4 is 11.8 Å². The fourth-order valence-corrected chi connectivity index (χ4v) is 1.86. The average Bonchev–Trinajstić information content (AvgIpc) is 2.52. The van der Waals surface area contributed by atoms with Crippen molar-refractivity contribution in [1.82, 2.24) is 0 Å². The van der Waals surface area contributed by atoms with E-state index >= 15 is 0 Å². The number of ketones is 1. The van der Waals surface area contributed by atoms with Gasteiger partial charge in [0.1, 0.15) is 0 Å². The molecule has 0 spiro atoms. The first-order chi connectivity index (χ1) is 9.77. The third-order valence-corrected chi connectivity index (χ3v) is 2.91. The Hall–Kier alpha value is -2.42. The lowest BCUT2D eigenvalue weighted by molar-refractivity contribution is -0.138. The van der Waals surface area contributed by atoms with Crippen LogP contribution in [0.4, 0.5) is 0 Å². The Balaban J connectivity index is 1.74. The molecule has 2 aromatic rings. The molecule has 0 radical (unpaired) electrons. The second-order valence-corrected chi connectivity index (χ2v) is 4.42. The van der Waals surface area contributed by atoms with Gasteiger partial charge in [-0.15, -0.1) is 0 Å². The van der Waals surface area contributed by atoms with Crippen LogP contribution in [0.1, 0.15) is 22.3 Å². The summed E-state index contributed by atoms with van der Waals surface area (Å²) in [5.74, 6) is -1.38. The largest absolute Gasteiger partial charge is 0.460 e. The van der Waals surface area contributed by atoms with Gasteiger partial charge in [-0.1, -0.05) is 60.7 Å². The van der Waals surface area contributed by atoms with E-state index in [1.165, 1.54) is 5.56 Å². The topological polar surface area (TPSA) is 43.4 Å². The molecule has 0 fully saturated rings. The lowest BCUT2D eigenvalue weighted by Crippen LogP contribution is -2.18. The van der Waals surface area contributed by atoms with E-state index in [0.717, 1.165) is 6.42 Å². The molecule has 0 atom stereocenters. The van der Waals surface area contributed by atoms with Gasteiger partial charge in [0.2, 0.25) is 0 Å². The number of ether oxygens (including phenoxy) is 1. The number of rotatable bonds is 6. The fourth-order valence-electron chi connectivity index (χ4n) is 1.86. The molecule has 0 aliphatic carbocycles.